The second-order valence-electron chi connectivity index (χ2n) is 8.11. The molecule has 1 aliphatic heterocycles. The van der Waals surface area contributed by atoms with Crippen LogP contribution < -0.4 is 14.8 Å². The Labute approximate surface area is 217 Å². The van der Waals surface area contributed by atoms with Crippen molar-refractivity contribution in [1.82, 2.24) is 14.3 Å². The molecule has 0 radical (unpaired) electrons. The number of nitrogens with zero attached hydrogens (tertiary/aromatic N) is 3. The number of rotatable bonds is 10. The van der Waals surface area contributed by atoms with Crippen molar-refractivity contribution in [3.05, 3.63) is 72.2 Å². The summed E-state index contributed by atoms with van der Waals surface area (Å²) < 4.78 is 21.7. The molecule has 1 fully saturated rings. The molecule has 0 saturated carbocycles. The topological polar surface area (TPSA) is 98.6 Å². The maximum atomic E-state index is 9.24. The highest BCUT2D eigenvalue weighted by Crippen LogP contribution is 2.38. The molecule has 1 saturated heterocycles. The van der Waals surface area contributed by atoms with Crippen LogP contribution in [0.1, 0.15) is 30.3 Å². The van der Waals surface area contributed by atoms with E-state index >= 15 is 0 Å². The SMILES string of the molecule is COc1cccc(Sc2cc(Oc3cccc(CCO)c3)cnc2Nc2nc(C3CCCO3)ns2)c1. The predicted octanol–water partition coefficient (Wildman–Crippen LogP) is 6.02. The van der Waals surface area contributed by atoms with Gasteiger partial charge in [0.15, 0.2) is 5.82 Å². The van der Waals surface area contributed by atoms with Crippen LogP contribution in [0.3, 0.4) is 0 Å². The lowest BCUT2D eigenvalue weighted by Gasteiger charge is -2.13. The number of ether oxygens (including phenoxy) is 3. The Kier molecular flexibility index (Phi) is 7.97. The van der Waals surface area contributed by atoms with Gasteiger partial charge in [-0.25, -0.2) is 9.97 Å². The number of pyridine rings is 1. The lowest BCUT2D eigenvalue weighted by Crippen LogP contribution is -2.00. The second kappa shape index (κ2) is 11.7. The van der Waals surface area contributed by atoms with E-state index in [-0.39, 0.29) is 12.7 Å². The first kappa shape index (κ1) is 24.5. The van der Waals surface area contributed by atoms with Crippen LogP contribution in [0.5, 0.6) is 17.2 Å². The summed E-state index contributed by atoms with van der Waals surface area (Å²) in [5, 5.41) is 13.2. The summed E-state index contributed by atoms with van der Waals surface area (Å²) in [5.41, 5.74) is 1.01. The van der Waals surface area contributed by atoms with Crippen molar-refractivity contribution >= 4 is 34.2 Å². The third-order valence-electron chi connectivity index (χ3n) is 5.52. The number of nitrogens with one attached hydrogen (secondary N) is 1. The smallest absolute Gasteiger partial charge is 0.208 e. The predicted molar refractivity (Wildman–Crippen MR) is 140 cm³/mol. The van der Waals surface area contributed by atoms with E-state index in [1.54, 1.807) is 25.1 Å². The number of hydrogen-bond acceptors (Lipinski definition) is 10. The Morgan fingerprint density at radius 3 is 2.86 bits per heavy atom. The number of aromatic nitrogens is 3. The summed E-state index contributed by atoms with van der Waals surface area (Å²) in [6.45, 7) is 0.840. The Bertz CT molecular complexity index is 1310. The Hall–Kier alpha value is -3.18. The zero-order valence-electron chi connectivity index (χ0n) is 19.7. The molecular formula is C26H26N4O4S2. The van der Waals surface area contributed by atoms with E-state index < -0.39 is 0 Å². The van der Waals surface area contributed by atoms with Crippen molar-refractivity contribution in [3.8, 4) is 17.2 Å². The number of aliphatic hydroxyl groups is 1. The third-order valence-corrected chi connectivity index (χ3v) is 7.18. The molecule has 2 aromatic heterocycles. The fourth-order valence-electron chi connectivity index (χ4n) is 3.77. The lowest BCUT2D eigenvalue weighted by atomic mass is 10.1. The Morgan fingerprint density at radius 1 is 1.14 bits per heavy atom. The van der Waals surface area contributed by atoms with Gasteiger partial charge < -0.3 is 24.6 Å². The van der Waals surface area contributed by atoms with Crippen LogP contribution in [0.4, 0.5) is 10.9 Å². The van der Waals surface area contributed by atoms with Gasteiger partial charge in [0.2, 0.25) is 5.13 Å². The molecule has 0 aliphatic carbocycles. The van der Waals surface area contributed by atoms with Crippen LogP contribution in [0, 0.1) is 0 Å². The Morgan fingerprint density at radius 2 is 2.03 bits per heavy atom. The molecule has 5 rings (SSSR count). The van der Waals surface area contributed by atoms with Crippen molar-refractivity contribution in [2.45, 2.75) is 35.2 Å². The van der Waals surface area contributed by atoms with Crippen LogP contribution in [0.25, 0.3) is 0 Å². The van der Waals surface area contributed by atoms with E-state index in [4.69, 9.17) is 14.2 Å². The minimum Gasteiger partial charge on any atom is -0.497 e. The third kappa shape index (κ3) is 6.14. The number of aliphatic hydroxyl groups excluding tert-OH is 1. The zero-order chi connectivity index (χ0) is 24.7. The molecule has 1 aliphatic rings. The van der Waals surface area contributed by atoms with E-state index in [9.17, 15) is 5.11 Å². The van der Waals surface area contributed by atoms with E-state index in [0.29, 0.717) is 34.7 Å². The van der Waals surface area contributed by atoms with Gasteiger partial charge in [0.1, 0.15) is 29.2 Å². The van der Waals surface area contributed by atoms with Gasteiger partial charge in [-0.2, -0.15) is 4.37 Å². The second-order valence-corrected chi connectivity index (χ2v) is 9.97. The summed E-state index contributed by atoms with van der Waals surface area (Å²) >= 11 is 2.84. The van der Waals surface area contributed by atoms with Crippen LogP contribution in [0.2, 0.25) is 0 Å². The van der Waals surface area contributed by atoms with E-state index in [2.05, 4.69) is 19.7 Å². The van der Waals surface area contributed by atoms with Crippen molar-refractivity contribution in [1.29, 1.82) is 0 Å². The maximum Gasteiger partial charge on any atom is 0.208 e. The summed E-state index contributed by atoms with van der Waals surface area (Å²) in [6.07, 6.45) is 4.19. The van der Waals surface area contributed by atoms with Crippen LogP contribution >= 0.6 is 23.3 Å². The average Bonchev–Trinajstić information content (AvgIpc) is 3.59. The minimum atomic E-state index is -0.0345. The molecule has 2 N–H and O–H groups in total. The summed E-state index contributed by atoms with van der Waals surface area (Å²) in [5.74, 6) is 3.43. The van der Waals surface area contributed by atoms with Gasteiger partial charge in [-0.1, -0.05) is 30.0 Å². The van der Waals surface area contributed by atoms with Crippen molar-refractivity contribution in [3.63, 3.8) is 0 Å². The standard InChI is InChI=1S/C26H26N4O4S2/c1-32-18-6-3-8-21(14-18)35-23-15-20(34-19-7-2-5-17(13-19)10-11-31)16-27-25(23)29-26-28-24(30-36-26)22-9-4-12-33-22/h2-3,5-8,13-16,22,31H,4,9-12H2,1H3,(H,27,28,29,30). The average molecular weight is 523 g/mol. The van der Waals surface area contributed by atoms with Gasteiger partial charge in [0.25, 0.3) is 0 Å². The number of benzene rings is 2. The molecule has 2 aromatic carbocycles. The highest BCUT2D eigenvalue weighted by Gasteiger charge is 2.22. The first-order valence-corrected chi connectivity index (χ1v) is 13.2. The molecule has 8 nitrogen and oxygen atoms in total. The van der Waals surface area contributed by atoms with E-state index in [1.165, 1.54) is 11.5 Å². The lowest BCUT2D eigenvalue weighted by molar-refractivity contribution is 0.106. The van der Waals surface area contributed by atoms with Crippen LogP contribution in [-0.4, -0.2) is 39.8 Å². The minimum absolute atomic E-state index is 0.0345. The summed E-state index contributed by atoms with van der Waals surface area (Å²) in [4.78, 5) is 11.1. The molecule has 10 heteroatoms. The van der Waals surface area contributed by atoms with Crippen LogP contribution in [0.15, 0.2) is 70.6 Å². The summed E-state index contributed by atoms with van der Waals surface area (Å²) in [7, 11) is 1.65. The van der Waals surface area contributed by atoms with Crippen LogP contribution in [-0.2, 0) is 11.2 Å². The number of hydrogen-bond donors (Lipinski definition) is 2. The van der Waals surface area contributed by atoms with E-state index in [1.807, 2.05) is 54.6 Å². The number of anilines is 2. The first-order valence-electron chi connectivity index (χ1n) is 11.6. The van der Waals surface area contributed by atoms with Gasteiger partial charge in [-0.05, 0) is 55.2 Å². The quantitative estimate of drug-likeness (QED) is 0.259. The molecule has 1 unspecified atom stereocenters. The summed E-state index contributed by atoms with van der Waals surface area (Å²) in [6, 6.07) is 17.5. The van der Waals surface area contributed by atoms with Crippen molar-refractivity contribution in [2.24, 2.45) is 0 Å². The monoisotopic (exact) mass is 522 g/mol. The van der Waals surface area contributed by atoms with E-state index in [0.717, 1.165) is 40.6 Å². The molecule has 0 bridgehead atoms. The van der Waals surface area contributed by atoms with Gasteiger partial charge in [-0.3, -0.25) is 0 Å². The molecule has 4 aromatic rings. The Balaban J connectivity index is 1.41. The fourth-order valence-corrected chi connectivity index (χ4v) is 5.34. The van der Waals surface area contributed by atoms with Crippen molar-refractivity contribution < 1.29 is 19.3 Å². The highest BCUT2D eigenvalue weighted by molar-refractivity contribution is 7.99. The molecule has 36 heavy (non-hydrogen) atoms. The van der Waals surface area contributed by atoms with Gasteiger partial charge in [0.05, 0.1) is 18.2 Å². The van der Waals surface area contributed by atoms with Gasteiger partial charge in [-0.15, -0.1) is 0 Å². The maximum absolute atomic E-state index is 9.24. The molecule has 0 amide bonds. The molecule has 1 atom stereocenters. The van der Waals surface area contributed by atoms with Crippen molar-refractivity contribution in [2.75, 3.05) is 25.6 Å². The largest absolute Gasteiger partial charge is 0.497 e. The van der Waals surface area contributed by atoms with Gasteiger partial charge in [0, 0.05) is 35.7 Å². The molecule has 0 spiro atoms. The molecule has 186 valence electrons. The molecular weight excluding hydrogens is 496 g/mol. The highest BCUT2D eigenvalue weighted by atomic mass is 32.2. The normalized spacial score (nSPS) is 15.1. The fraction of sp³-hybridized carbons (Fsp3) is 0.269. The first-order chi connectivity index (χ1) is 17.7. The van der Waals surface area contributed by atoms with Gasteiger partial charge >= 0.3 is 0 Å². The zero-order valence-corrected chi connectivity index (χ0v) is 21.3. The molecule has 3 heterocycles. The number of methoxy groups -OCH3 is 1.